The second-order valence-electron chi connectivity index (χ2n) is 7.01. The van der Waals surface area contributed by atoms with Crippen LogP contribution >= 0.6 is 0 Å². The average Bonchev–Trinajstić information content (AvgIpc) is 2.53. The van der Waals surface area contributed by atoms with E-state index in [1.165, 1.54) is 0 Å². The van der Waals surface area contributed by atoms with Gasteiger partial charge in [0.2, 0.25) is 0 Å². The topological polar surface area (TPSA) is 62.4 Å². The molecule has 0 bridgehead atoms. The van der Waals surface area contributed by atoms with E-state index in [1.807, 2.05) is 57.2 Å². The first kappa shape index (κ1) is 16.3. The molecular weight excluding hydrogens is 304 g/mol. The Hall–Kier alpha value is -2.56. The number of amides is 1. The van der Waals surface area contributed by atoms with Crippen molar-refractivity contribution in [3.63, 3.8) is 0 Å². The zero-order valence-electron chi connectivity index (χ0n) is 14.3. The van der Waals surface area contributed by atoms with Gasteiger partial charge in [-0.25, -0.2) is 4.79 Å². The van der Waals surface area contributed by atoms with Gasteiger partial charge >= 0.3 is 6.09 Å². The maximum atomic E-state index is 12.3. The zero-order valence-corrected chi connectivity index (χ0v) is 14.3. The van der Waals surface area contributed by atoms with Crippen molar-refractivity contribution >= 4 is 22.6 Å². The molecule has 0 saturated carbocycles. The number of hydrogen-bond donors (Lipinski definition) is 1. The molecule has 0 fully saturated rings. The van der Waals surface area contributed by atoms with E-state index < -0.39 is 5.60 Å². The van der Waals surface area contributed by atoms with Crippen LogP contribution in [0.15, 0.2) is 41.2 Å². The Kier molecular flexibility index (Phi) is 4.18. The fourth-order valence-corrected chi connectivity index (χ4v) is 2.79. The second kappa shape index (κ2) is 6.15. The average molecular weight is 326 g/mol. The Morgan fingerprint density at radius 1 is 1.25 bits per heavy atom. The standard InChI is InChI=1S/C19H22N2O3/c1-19(2,3)24-18(23)21-10-8-13(9-11-21)15-12-14-6-4-5-7-16(14)20-17(15)22/h4-8,12H,9-11H2,1-3H3,(H,20,22). The Morgan fingerprint density at radius 3 is 2.67 bits per heavy atom. The van der Waals surface area contributed by atoms with Gasteiger partial charge in [-0.1, -0.05) is 24.3 Å². The number of carbonyl (C=O) groups excluding carboxylic acids is 1. The molecule has 0 saturated heterocycles. The number of fused-ring (bicyclic) bond motifs is 1. The lowest BCUT2D eigenvalue weighted by Gasteiger charge is -2.29. The minimum Gasteiger partial charge on any atom is -0.444 e. The molecular formula is C19H22N2O3. The van der Waals surface area contributed by atoms with E-state index >= 15 is 0 Å². The van der Waals surface area contributed by atoms with Crippen molar-refractivity contribution in [3.05, 3.63) is 52.3 Å². The molecule has 24 heavy (non-hydrogen) atoms. The van der Waals surface area contributed by atoms with Crippen LogP contribution in [0, 0.1) is 0 Å². The van der Waals surface area contributed by atoms with Crippen LogP contribution in [0.4, 0.5) is 4.79 Å². The summed E-state index contributed by atoms with van der Waals surface area (Å²) in [6.07, 6.45) is 2.26. The molecule has 0 spiro atoms. The maximum Gasteiger partial charge on any atom is 0.410 e. The molecule has 1 amide bonds. The number of aromatic amines is 1. The summed E-state index contributed by atoms with van der Waals surface area (Å²) in [5.74, 6) is 0. The first-order valence-corrected chi connectivity index (χ1v) is 8.13. The Bertz CT molecular complexity index is 859. The quantitative estimate of drug-likeness (QED) is 0.871. The monoisotopic (exact) mass is 326 g/mol. The van der Waals surface area contributed by atoms with Gasteiger partial charge in [-0.2, -0.15) is 0 Å². The lowest BCUT2D eigenvalue weighted by atomic mass is 9.99. The number of nitrogens with zero attached hydrogens (tertiary/aromatic N) is 1. The van der Waals surface area contributed by atoms with Gasteiger partial charge in [0.25, 0.3) is 5.56 Å². The second-order valence-corrected chi connectivity index (χ2v) is 7.01. The number of aromatic nitrogens is 1. The minimum absolute atomic E-state index is 0.0920. The van der Waals surface area contributed by atoms with Crippen LogP contribution in [-0.2, 0) is 4.74 Å². The van der Waals surface area contributed by atoms with E-state index in [9.17, 15) is 9.59 Å². The van der Waals surface area contributed by atoms with Crippen molar-refractivity contribution in [3.8, 4) is 0 Å². The predicted octanol–water partition coefficient (Wildman–Crippen LogP) is 3.55. The van der Waals surface area contributed by atoms with Crippen molar-refractivity contribution in [2.24, 2.45) is 0 Å². The minimum atomic E-state index is -0.503. The van der Waals surface area contributed by atoms with Gasteiger partial charge in [0, 0.05) is 24.2 Å². The smallest absolute Gasteiger partial charge is 0.410 e. The maximum absolute atomic E-state index is 12.3. The molecule has 1 aliphatic rings. The highest BCUT2D eigenvalue weighted by Gasteiger charge is 2.24. The first-order valence-electron chi connectivity index (χ1n) is 8.13. The summed E-state index contributed by atoms with van der Waals surface area (Å²) in [6.45, 7) is 6.56. The third-order valence-electron chi connectivity index (χ3n) is 3.96. The number of ether oxygens (including phenoxy) is 1. The molecule has 0 unspecified atom stereocenters. The van der Waals surface area contributed by atoms with Crippen molar-refractivity contribution in [2.45, 2.75) is 32.8 Å². The molecule has 1 aliphatic heterocycles. The van der Waals surface area contributed by atoms with Crippen molar-refractivity contribution < 1.29 is 9.53 Å². The summed E-state index contributed by atoms with van der Waals surface area (Å²) in [4.78, 5) is 29.0. The fraction of sp³-hybridized carbons (Fsp3) is 0.368. The summed E-state index contributed by atoms with van der Waals surface area (Å²) >= 11 is 0. The summed E-state index contributed by atoms with van der Waals surface area (Å²) in [6, 6.07) is 9.63. The van der Waals surface area contributed by atoms with Crippen LogP contribution < -0.4 is 5.56 Å². The van der Waals surface area contributed by atoms with Crippen molar-refractivity contribution in [1.82, 2.24) is 9.88 Å². The number of pyridine rings is 1. The number of rotatable bonds is 1. The van der Waals surface area contributed by atoms with Gasteiger partial charge in [-0.15, -0.1) is 0 Å². The molecule has 0 radical (unpaired) electrons. The van der Waals surface area contributed by atoms with E-state index in [2.05, 4.69) is 4.98 Å². The molecule has 1 N–H and O–H groups in total. The predicted molar refractivity (Wildman–Crippen MR) is 95.0 cm³/mol. The van der Waals surface area contributed by atoms with E-state index in [0.717, 1.165) is 16.5 Å². The van der Waals surface area contributed by atoms with E-state index in [0.29, 0.717) is 25.1 Å². The number of nitrogens with one attached hydrogen (secondary N) is 1. The number of hydrogen-bond acceptors (Lipinski definition) is 3. The molecule has 2 heterocycles. The molecule has 0 aliphatic carbocycles. The van der Waals surface area contributed by atoms with Crippen molar-refractivity contribution in [1.29, 1.82) is 0 Å². The van der Waals surface area contributed by atoms with Gasteiger partial charge in [0.1, 0.15) is 5.60 Å². The molecule has 5 heteroatoms. The van der Waals surface area contributed by atoms with E-state index in [4.69, 9.17) is 4.74 Å². The Balaban J connectivity index is 1.81. The molecule has 0 atom stereocenters. The normalized spacial score (nSPS) is 15.3. The largest absolute Gasteiger partial charge is 0.444 e. The van der Waals surface area contributed by atoms with Gasteiger partial charge in [0.15, 0.2) is 0 Å². The third-order valence-corrected chi connectivity index (χ3v) is 3.96. The van der Waals surface area contributed by atoms with Crippen LogP contribution in [0.1, 0.15) is 32.8 Å². The first-order chi connectivity index (χ1) is 11.3. The van der Waals surface area contributed by atoms with E-state index in [-0.39, 0.29) is 11.7 Å². The molecule has 126 valence electrons. The number of benzene rings is 1. The SMILES string of the molecule is CC(C)(C)OC(=O)N1CC=C(c2cc3ccccc3[nH]c2=O)CC1. The number of H-pyrrole nitrogens is 1. The van der Waals surface area contributed by atoms with Crippen LogP contribution in [0.5, 0.6) is 0 Å². The highest BCUT2D eigenvalue weighted by molar-refractivity contribution is 5.83. The molecule has 1 aromatic heterocycles. The molecule has 1 aromatic carbocycles. The summed E-state index contributed by atoms with van der Waals surface area (Å²) in [7, 11) is 0. The lowest BCUT2D eigenvalue weighted by Crippen LogP contribution is -2.39. The highest BCUT2D eigenvalue weighted by Crippen LogP contribution is 2.23. The van der Waals surface area contributed by atoms with Gasteiger partial charge in [0.05, 0.1) is 0 Å². The fourth-order valence-electron chi connectivity index (χ4n) is 2.79. The number of para-hydroxylation sites is 1. The van der Waals surface area contributed by atoms with Crippen LogP contribution in [-0.4, -0.2) is 34.7 Å². The lowest BCUT2D eigenvalue weighted by molar-refractivity contribution is 0.0270. The summed E-state index contributed by atoms with van der Waals surface area (Å²) < 4.78 is 5.39. The highest BCUT2D eigenvalue weighted by atomic mass is 16.6. The molecule has 5 nitrogen and oxygen atoms in total. The van der Waals surface area contributed by atoms with Crippen LogP contribution in [0.2, 0.25) is 0 Å². The third kappa shape index (κ3) is 3.50. The molecule has 3 rings (SSSR count). The van der Waals surface area contributed by atoms with Gasteiger partial charge in [-0.3, -0.25) is 4.79 Å². The van der Waals surface area contributed by atoms with Crippen molar-refractivity contribution in [2.75, 3.05) is 13.1 Å². The Morgan fingerprint density at radius 2 is 2.00 bits per heavy atom. The van der Waals surface area contributed by atoms with E-state index in [1.54, 1.807) is 4.90 Å². The number of carbonyl (C=O) groups is 1. The summed E-state index contributed by atoms with van der Waals surface area (Å²) in [5.41, 5.74) is 1.89. The van der Waals surface area contributed by atoms with Crippen LogP contribution in [0.25, 0.3) is 16.5 Å². The van der Waals surface area contributed by atoms with Gasteiger partial charge < -0.3 is 14.6 Å². The van der Waals surface area contributed by atoms with Crippen LogP contribution in [0.3, 0.4) is 0 Å². The molecule has 2 aromatic rings. The summed E-state index contributed by atoms with van der Waals surface area (Å²) in [5, 5.41) is 1.00. The zero-order chi connectivity index (χ0) is 17.3. The Labute approximate surface area is 140 Å². The van der Waals surface area contributed by atoms with Gasteiger partial charge in [-0.05, 0) is 50.3 Å².